The summed E-state index contributed by atoms with van der Waals surface area (Å²) in [5, 5.41) is 0. The van der Waals surface area contributed by atoms with E-state index < -0.39 is 0 Å². The van der Waals surface area contributed by atoms with Crippen molar-refractivity contribution < 1.29 is 28.5 Å². The second-order valence-electron chi connectivity index (χ2n) is 4.25. The highest BCUT2D eigenvalue weighted by Gasteiger charge is 2.11. The number of hydrogen-bond acceptors (Lipinski definition) is 6. The monoisotopic (exact) mass is 310 g/mol. The molecule has 0 saturated carbocycles. The van der Waals surface area contributed by atoms with Gasteiger partial charge in [0, 0.05) is 13.2 Å². The molecule has 0 spiro atoms. The Balaban J connectivity index is 2.78. The molecule has 0 aliphatic rings. The number of carbonyl (C=O) groups excluding carboxylic acids is 2. The highest BCUT2D eigenvalue weighted by molar-refractivity contribution is 5.87. The molecule has 0 unspecified atom stereocenters. The zero-order valence-corrected chi connectivity index (χ0v) is 13.0. The smallest absolute Gasteiger partial charge is 0.153 e. The van der Waals surface area contributed by atoms with Crippen molar-refractivity contribution >= 4 is 12.6 Å². The lowest BCUT2D eigenvalue weighted by molar-refractivity contribution is 0.104. The molecule has 0 heterocycles. The lowest BCUT2D eigenvalue weighted by Crippen LogP contribution is -2.10. The van der Waals surface area contributed by atoms with Gasteiger partial charge >= 0.3 is 0 Å². The highest BCUT2D eigenvalue weighted by Crippen LogP contribution is 2.27. The summed E-state index contributed by atoms with van der Waals surface area (Å²) in [7, 11) is 0. The Bertz CT molecular complexity index is 428. The molecule has 0 fully saturated rings. The Kier molecular flexibility index (Phi) is 8.86. The molecule has 1 aromatic carbocycles. The third-order valence-electron chi connectivity index (χ3n) is 2.77. The first kappa shape index (κ1) is 18.1. The van der Waals surface area contributed by atoms with E-state index in [0.717, 1.165) is 0 Å². The van der Waals surface area contributed by atoms with E-state index in [4.69, 9.17) is 18.9 Å². The summed E-state index contributed by atoms with van der Waals surface area (Å²) in [6.07, 6.45) is 1.33. The van der Waals surface area contributed by atoms with Crippen LogP contribution in [-0.4, -0.2) is 52.2 Å². The van der Waals surface area contributed by atoms with E-state index in [9.17, 15) is 9.59 Å². The third kappa shape index (κ3) is 5.83. The molecule has 0 N–H and O–H groups in total. The van der Waals surface area contributed by atoms with Gasteiger partial charge in [-0.25, -0.2) is 0 Å². The van der Waals surface area contributed by atoms with Crippen LogP contribution < -0.4 is 9.47 Å². The summed E-state index contributed by atoms with van der Waals surface area (Å²) in [6, 6.07) is 3.00. The van der Waals surface area contributed by atoms with Crippen LogP contribution in [0, 0.1) is 0 Å². The molecule has 6 nitrogen and oxygen atoms in total. The minimum atomic E-state index is 0.303. The van der Waals surface area contributed by atoms with Gasteiger partial charge in [-0.3, -0.25) is 9.59 Å². The molecule has 0 amide bonds. The molecule has 1 aromatic rings. The maximum absolute atomic E-state index is 11.2. The topological polar surface area (TPSA) is 71.1 Å². The first-order valence-corrected chi connectivity index (χ1v) is 7.26. The van der Waals surface area contributed by atoms with Gasteiger partial charge in [0.1, 0.15) is 24.7 Å². The summed E-state index contributed by atoms with van der Waals surface area (Å²) in [6.45, 7) is 6.39. The second kappa shape index (κ2) is 10.8. The van der Waals surface area contributed by atoms with Crippen LogP contribution in [0.1, 0.15) is 34.6 Å². The molecule has 0 radical (unpaired) electrons. The van der Waals surface area contributed by atoms with Crippen LogP contribution in [0.3, 0.4) is 0 Å². The molecule has 0 aliphatic heterocycles. The Morgan fingerprint density at radius 2 is 1.18 bits per heavy atom. The Morgan fingerprint density at radius 3 is 1.50 bits per heavy atom. The minimum absolute atomic E-state index is 0.303. The average molecular weight is 310 g/mol. The first-order chi connectivity index (χ1) is 10.8. The number of aldehydes is 2. The number of carbonyl (C=O) groups is 2. The van der Waals surface area contributed by atoms with Crippen LogP contribution in [0.5, 0.6) is 11.5 Å². The zero-order valence-electron chi connectivity index (χ0n) is 13.0. The predicted octanol–water partition coefficient (Wildman–Crippen LogP) is 2.14. The van der Waals surface area contributed by atoms with Crippen molar-refractivity contribution in [1.82, 2.24) is 0 Å². The number of benzene rings is 1. The van der Waals surface area contributed by atoms with Gasteiger partial charge in [-0.1, -0.05) is 0 Å². The molecular formula is C16H22O6. The number of hydrogen-bond donors (Lipinski definition) is 0. The summed E-state index contributed by atoms with van der Waals surface area (Å²) >= 11 is 0. The van der Waals surface area contributed by atoms with Crippen molar-refractivity contribution in [2.75, 3.05) is 39.6 Å². The average Bonchev–Trinajstić information content (AvgIpc) is 2.55. The van der Waals surface area contributed by atoms with Crippen LogP contribution in [-0.2, 0) is 9.47 Å². The Labute approximate surface area is 130 Å². The largest absolute Gasteiger partial charge is 0.490 e. The van der Waals surface area contributed by atoms with Gasteiger partial charge in [0.2, 0.25) is 0 Å². The van der Waals surface area contributed by atoms with Gasteiger partial charge in [0.25, 0.3) is 0 Å². The number of ether oxygens (including phenoxy) is 4. The third-order valence-corrected chi connectivity index (χ3v) is 2.77. The van der Waals surface area contributed by atoms with Crippen LogP contribution in [0.25, 0.3) is 0 Å². The lowest BCUT2D eigenvalue weighted by atomic mass is 10.1. The predicted molar refractivity (Wildman–Crippen MR) is 81.2 cm³/mol. The quantitative estimate of drug-likeness (QED) is 0.435. The fourth-order valence-electron chi connectivity index (χ4n) is 1.74. The Hall–Kier alpha value is -1.92. The second-order valence-corrected chi connectivity index (χ2v) is 4.25. The van der Waals surface area contributed by atoms with Gasteiger partial charge in [-0.2, -0.15) is 0 Å². The van der Waals surface area contributed by atoms with Gasteiger partial charge in [0.05, 0.1) is 24.3 Å². The lowest BCUT2D eigenvalue weighted by Gasteiger charge is -2.13. The molecule has 0 saturated heterocycles. The van der Waals surface area contributed by atoms with Crippen LogP contribution >= 0.6 is 0 Å². The van der Waals surface area contributed by atoms with Crippen molar-refractivity contribution in [1.29, 1.82) is 0 Å². The molecule has 22 heavy (non-hydrogen) atoms. The summed E-state index contributed by atoms with van der Waals surface area (Å²) in [5.41, 5.74) is 0.655. The van der Waals surface area contributed by atoms with Crippen LogP contribution in [0.4, 0.5) is 0 Å². The van der Waals surface area contributed by atoms with E-state index in [2.05, 4.69) is 0 Å². The summed E-state index contributed by atoms with van der Waals surface area (Å²) in [4.78, 5) is 22.3. The maximum Gasteiger partial charge on any atom is 0.153 e. The van der Waals surface area contributed by atoms with E-state index in [1.807, 2.05) is 13.8 Å². The van der Waals surface area contributed by atoms with E-state index in [1.165, 1.54) is 12.1 Å². The van der Waals surface area contributed by atoms with Gasteiger partial charge < -0.3 is 18.9 Å². The molecule has 0 bridgehead atoms. The molecule has 122 valence electrons. The number of rotatable bonds is 12. The van der Waals surface area contributed by atoms with Gasteiger partial charge in [-0.05, 0) is 26.0 Å². The molecule has 6 heteroatoms. The van der Waals surface area contributed by atoms with Crippen molar-refractivity contribution in [3.63, 3.8) is 0 Å². The molecular weight excluding hydrogens is 288 g/mol. The molecule has 0 atom stereocenters. The van der Waals surface area contributed by atoms with Crippen molar-refractivity contribution in [2.45, 2.75) is 13.8 Å². The molecule has 0 aromatic heterocycles. The normalized spacial score (nSPS) is 10.3. The SMILES string of the molecule is CCOCCOc1cc(C=O)c(OCCOCC)cc1C=O. The summed E-state index contributed by atoms with van der Waals surface area (Å²) < 4.78 is 21.3. The first-order valence-electron chi connectivity index (χ1n) is 7.26. The van der Waals surface area contributed by atoms with Crippen molar-refractivity contribution in [3.8, 4) is 11.5 Å². The standard InChI is InChI=1S/C16H22O6/c1-3-19-5-7-21-15-9-14(12-18)16(10-13(15)11-17)22-8-6-20-4-2/h9-12H,3-8H2,1-2H3. The molecule has 1 rings (SSSR count). The minimum Gasteiger partial charge on any atom is -0.490 e. The van der Waals surface area contributed by atoms with Gasteiger partial charge in [0.15, 0.2) is 12.6 Å². The van der Waals surface area contributed by atoms with Crippen molar-refractivity contribution in [2.24, 2.45) is 0 Å². The van der Waals surface area contributed by atoms with Crippen LogP contribution in [0.2, 0.25) is 0 Å². The maximum atomic E-state index is 11.2. The van der Waals surface area contributed by atoms with Gasteiger partial charge in [-0.15, -0.1) is 0 Å². The Morgan fingerprint density at radius 1 is 0.773 bits per heavy atom. The van der Waals surface area contributed by atoms with E-state index in [0.29, 0.717) is 74.8 Å². The zero-order chi connectivity index (χ0) is 16.2. The van der Waals surface area contributed by atoms with E-state index in [1.54, 1.807) is 0 Å². The fourth-order valence-corrected chi connectivity index (χ4v) is 1.74. The van der Waals surface area contributed by atoms with Crippen LogP contribution in [0.15, 0.2) is 12.1 Å². The van der Waals surface area contributed by atoms with E-state index >= 15 is 0 Å². The van der Waals surface area contributed by atoms with E-state index in [-0.39, 0.29) is 0 Å². The van der Waals surface area contributed by atoms with Crippen molar-refractivity contribution in [3.05, 3.63) is 23.3 Å². The summed E-state index contributed by atoms with van der Waals surface area (Å²) in [5.74, 6) is 0.683. The fraction of sp³-hybridized carbons (Fsp3) is 0.500. The molecule has 0 aliphatic carbocycles. The highest BCUT2D eigenvalue weighted by atomic mass is 16.5.